The third-order valence-corrected chi connectivity index (χ3v) is 9.22. The Kier molecular flexibility index (Phi) is 38.8. The van der Waals surface area contributed by atoms with Gasteiger partial charge in [-0.25, -0.2) is 4.57 Å². The van der Waals surface area contributed by atoms with Crippen LogP contribution in [0.3, 0.4) is 0 Å². The van der Waals surface area contributed by atoms with E-state index in [9.17, 15) is 19.0 Å². The van der Waals surface area contributed by atoms with Crippen molar-refractivity contribution in [3.8, 4) is 0 Å². The first-order valence-electron chi connectivity index (χ1n) is 21.1. The van der Waals surface area contributed by atoms with E-state index in [2.05, 4.69) is 92.8 Å². The molecular weight excluding hydrogens is 713 g/mol. The second-order valence-corrected chi connectivity index (χ2v) is 14.9. The van der Waals surface area contributed by atoms with Gasteiger partial charge in [0.25, 0.3) is 0 Å². The topological polar surface area (TPSA) is 134 Å². The number of phosphoric acid groups is 1. The van der Waals surface area contributed by atoms with E-state index < -0.39 is 32.5 Å². The first kappa shape index (κ1) is 52.2. The summed E-state index contributed by atoms with van der Waals surface area (Å²) in [4.78, 5) is 34.8. The Hall–Kier alpha value is -2.81. The molecule has 0 aliphatic heterocycles. The fraction of sp³-hybridized carbons (Fsp3) is 0.644. The monoisotopic (exact) mass is 790 g/mol. The summed E-state index contributed by atoms with van der Waals surface area (Å²) >= 11 is 0. The van der Waals surface area contributed by atoms with Crippen LogP contribution in [0.4, 0.5) is 0 Å². The molecule has 0 spiro atoms. The molecular formula is C45H76NO8P. The summed E-state index contributed by atoms with van der Waals surface area (Å²) in [6.45, 7) is 3.54. The van der Waals surface area contributed by atoms with Gasteiger partial charge in [-0.05, 0) is 83.5 Å². The lowest BCUT2D eigenvalue weighted by Gasteiger charge is -2.19. The number of carbonyl (C=O) groups excluding carboxylic acids is 2. The molecule has 0 saturated heterocycles. The zero-order chi connectivity index (χ0) is 40.3. The number of hydrogen-bond donors (Lipinski definition) is 2. The Bertz CT molecular complexity index is 1170. The van der Waals surface area contributed by atoms with Crippen LogP contribution in [0.2, 0.25) is 0 Å². The molecule has 0 rings (SSSR count). The highest BCUT2D eigenvalue weighted by atomic mass is 31.2. The van der Waals surface area contributed by atoms with Crippen LogP contribution in [0.5, 0.6) is 0 Å². The van der Waals surface area contributed by atoms with Crippen molar-refractivity contribution < 1.29 is 37.6 Å². The fourth-order valence-electron chi connectivity index (χ4n) is 5.11. The maximum atomic E-state index is 12.5. The number of allylic oxidation sites excluding steroid dienone is 14. The largest absolute Gasteiger partial charge is 0.472 e. The van der Waals surface area contributed by atoms with E-state index in [0.29, 0.717) is 19.3 Å². The van der Waals surface area contributed by atoms with E-state index in [1.807, 2.05) is 6.08 Å². The van der Waals surface area contributed by atoms with E-state index in [1.54, 1.807) is 0 Å². The molecule has 10 heteroatoms. The maximum absolute atomic E-state index is 12.5. The Morgan fingerprint density at radius 3 is 1.53 bits per heavy atom. The third kappa shape index (κ3) is 40.7. The second kappa shape index (κ2) is 40.8. The van der Waals surface area contributed by atoms with Crippen molar-refractivity contribution in [2.75, 3.05) is 26.4 Å². The van der Waals surface area contributed by atoms with Gasteiger partial charge in [0.15, 0.2) is 6.10 Å². The molecule has 0 heterocycles. The molecule has 55 heavy (non-hydrogen) atoms. The Balaban J connectivity index is 4.34. The lowest BCUT2D eigenvalue weighted by Crippen LogP contribution is -2.29. The molecule has 3 N–H and O–H groups in total. The quantitative estimate of drug-likeness (QED) is 0.0271. The number of ether oxygens (including phenoxy) is 2. The summed E-state index contributed by atoms with van der Waals surface area (Å²) in [7, 11) is -4.40. The summed E-state index contributed by atoms with van der Waals surface area (Å²) in [5, 5.41) is 0. The Morgan fingerprint density at radius 1 is 0.545 bits per heavy atom. The Labute approximate surface area is 334 Å². The van der Waals surface area contributed by atoms with Gasteiger partial charge in [0.1, 0.15) is 6.61 Å². The molecule has 0 aromatic carbocycles. The maximum Gasteiger partial charge on any atom is 0.472 e. The van der Waals surface area contributed by atoms with Gasteiger partial charge in [0.05, 0.1) is 13.2 Å². The van der Waals surface area contributed by atoms with Gasteiger partial charge in [-0.2, -0.15) is 0 Å². The highest BCUT2D eigenvalue weighted by Crippen LogP contribution is 2.43. The van der Waals surface area contributed by atoms with Crippen molar-refractivity contribution in [3.05, 3.63) is 85.1 Å². The van der Waals surface area contributed by atoms with Gasteiger partial charge >= 0.3 is 19.8 Å². The fourth-order valence-corrected chi connectivity index (χ4v) is 5.88. The number of esters is 2. The molecule has 9 nitrogen and oxygen atoms in total. The van der Waals surface area contributed by atoms with Crippen LogP contribution in [0.25, 0.3) is 0 Å². The molecule has 0 fully saturated rings. The molecule has 0 saturated carbocycles. The van der Waals surface area contributed by atoms with Crippen LogP contribution in [0.15, 0.2) is 85.1 Å². The van der Waals surface area contributed by atoms with Crippen molar-refractivity contribution in [1.82, 2.24) is 0 Å². The average molecular weight is 790 g/mol. The SMILES string of the molecule is CCC/C=C/C/C=C/C/C=C/C/C=C/CCCCCC(=O)OC[C@H](COP(=O)(O)OCCN)OC(=O)CCC/C=C/C/C=C/C/C=C/CCCCCCCC. The zero-order valence-corrected chi connectivity index (χ0v) is 35.3. The van der Waals surface area contributed by atoms with Crippen LogP contribution in [0.1, 0.15) is 155 Å². The van der Waals surface area contributed by atoms with Gasteiger partial charge < -0.3 is 20.1 Å². The van der Waals surface area contributed by atoms with Crippen LogP contribution < -0.4 is 5.73 Å². The van der Waals surface area contributed by atoms with E-state index in [1.165, 1.54) is 44.9 Å². The third-order valence-electron chi connectivity index (χ3n) is 8.23. The van der Waals surface area contributed by atoms with Crippen molar-refractivity contribution >= 4 is 19.8 Å². The van der Waals surface area contributed by atoms with Gasteiger partial charge in [0.2, 0.25) is 0 Å². The first-order valence-corrected chi connectivity index (χ1v) is 22.6. The van der Waals surface area contributed by atoms with Gasteiger partial charge in [-0.3, -0.25) is 18.6 Å². The number of hydrogen-bond acceptors (Lipinski definition) is 8. The van der Waals surface area contributed by atoms with Crippen LogP contribution in [-0.2, 0) is 32.7 Å². The lowest BCUT2D eigenvalue weighted by atomic mass is 10.1. The molecule has 0 amide bonds. The minimum absolute atomic E-state index is 0.0366. The molecule has 2 atom stereocenters. The number of nitrogens with two attached hydrogens (primary N) is 1. The summed E-state index contributed by atoms with van der Waals surface area (Å²) < 4.78 is 32.7. The molecule has 0 aromatic heterocycles. The number of rotatable bonds is 38. The molecule has 0 aliphatic rings. The van der Waals surface area contributed by atoms with Crippen LogP contribution >= 0.6 is 7.82 Å². The summed E-state index contributed by atoms with van der Waals surface area (Å²) in [5.41, 5.74) is 5.34. The van der Waals surface area contributed by atoms with Crippen molar-refractivity contribution in [2.45, 2.75) is 161 Å². The van der Waals surface area contributed by atoms with E-state index >= 15 is 0 Å². The molecule has 0 aliphatic carbocycles. The number of carbonyl (C=O) groups is 2. The predicted molar refractivity (Wildman–Crippen MR) is 229 cm³/mol. The molecule has 0 aromatic rings. The highest BCUT2D eigenvalue weighted by Gasteiger charge is 2.25. The number of unbranched alkanes of at least 4 members (excludes halogenated alkanes) is 11. The van der Waals surface area contributed by atoms with E-state index in [4.69, 9.17) is 24.3 Å². The number of phosphoric ester groups is 1. The highest BCUT2D eigenvalue weighted by molar-refractivity contribution is 7.47. The summed E-state index contributed by atoms with van der Waals surface area (Å²) in [6.07, 6.45) is 50.5. The first-order chi connectivity index (χ1) is 26.8. The average Bonchev–Trinajstić information content (AvgIpc) is 3.17. The van der Waals surface area contributed by atoms with E-state index in [-0.39, 0.29) is 32.6 Å². The zero-order valence-electron chi connectivity index (χ0n) is 34.4. The molecule has 1 unspecified atom stereocenters. The summed E-state index contributed by atoms with van der Waals surface area (Å²) in [5.74, 6) is -0.935. The standard InChI is InChI=1S/C45H76NO8P/c1-3-5-7-9-11-13-15-17-19-21-23-25-27-29-31-33-35-37-44(47)51-41-43(42-53-55(49,50)52-40-39-46)54-45(48)38-36-34-32-30-28-26-24-22-20-18-16-14-12-10-8-6-4-2/h7,9,13,15,18-21,24-27,30,32,43H,3-6,8,10-12,14,16-17,22-23,28-29,31,33-42,46H2,1-2H3,(H,49,50)/b9-7+,15-13+,20-18+,21-19+,26-24+,27-25+,32-30+/t43-/m1/s1. The van der Waals surface area contributed by atoms with Gasteiger partial charge in [0, 0.05) is 19.4 Å². The van der Waals surface area contributed by atoms with Crippen molar-refractivity contribution in [1.29, 1.82) is 0 Å². The van der Waals surface area contributed by atoms with Crippen molar-refractivity contribution in [3.63, 3.8) is 0 Å². The molecule has 314 valence electrons. The Morgan fingerprint density at radius 2 is 1.00 bits per heavy atom. The van der Waals surface area contributed by atoms with Gasteiger partial charge in [-0.1, -0.05) is 144 Å². The smallest absolute Gasteiger partial charge is 0.462 e. The van der Waals surface area contributed by atoms with Gasteiger partial charge in [-0.15, -0.1) is 0 Å². The second-order valence-electron chi connectivity index (χ2n) is 13.5. The minimum atomic E-state index is -4.40. The molecule has 0 bridgehead atoms. The molecule has 0 radical (unpaired) electrons. The lowest BCUT2D eigenvalue weighted by molar-refractivity contribution is -0.161. The van der Waals surface area contributed by atoms with E-state index in [0.717, 1.165) is 64.2 Å². The minimum Gasteiger partial charge on any atom is -0.462 e. The van der Waals surface area contributed by atoms with Crippen molar-refractivity contribution in [2.24, 2.45) is 5.73 Å². The predicted octanol–water partition coefficient (Wildman–Crippen LogP) is 12.0. The van der Waals surface area contributed by atoms with Crippen LogP contribution in [0, 0.1) is 0 Å². The van der Waals surface area contributed by atoms with Crippen LogP contribution in [-0.4, -0.2) is 49.3 Å². The normalized spacial score (nSPS) is 14.2. The summed E-state index contributed by atoms with van der Waals surface area (Å²) in [6, 6.07) is 0.